The van der Waals surface area contributed by atoms with Gasteiger partial charge in [0, 0.05) is 37.3 Å². The van der Waals surface area contributed by atoms with Crippen LogP contribution in [0.2, 0.25) is 0 Å². The smallest absolute Gasteiger partial charge is 0.416 e. The number of hydrogen-bond donors (Lipinski definition) is 6. The van der Waals surface area contributed by atoms with Crippen LogP contribution in [0.4, 0.5) is 63.5 Å². The molecule has 344 valence electrons. The van der Waals surface area contributed by atoms with Gasteiger partial charge in [-0.3, -0.25) is 25.3 Å². The summed E-state index contributed by atoms with van der Waals surface area (Å²) in [5.41, 5.74) is 5.92. The summed E-state index contributed by atoms with van der Waals surface area (Å²) >= 11 is 0. The molecular weight excluding hydrogens is 846 g/mol. The molecule has 4 rings (SSSR count). The van der Waals surface area contributed by atoms with Crippen LogP contribution in [0.15, 0.2) is 59.6 Å². The molecule has 16 nitrogen and oxygen atoms in total. The van der Waals surface area contributed by atoms with Crippen molar-refractivity contribution in [1.82, 2.24) is 16.0 Å². The van der Waals surface area contributed by atoms with Gasteiger partial charge in [0.05, 0.1) is 28.2 Å². The standard InChI is InChI=1S/C41H50F6N8O8/c1-38(2,3)62-36(58)53-35(54-37(59)63-39(4,5)6)51-14-8-7-12-32(56)52-30-18-24(41(45,46)47)19-31(33(30)61-28-13-15-50-22-28)55(34(49)57)26-10-9-11-27(21-26)60-29-17-23(40(42,43)44)16-25(48)20-29/h9-11,16-21,28,50H,7-8,12-15,22,48H2,1-6H3,(H2,49,57)(H,52,56)(H2,51,53,54,58,59)/t28-/m1/s1. The first kappa shape index (κ1) is 49.2. The topological polar surface area (TPSA) is 221 Å². The number of urea groups is 1. The lowest BCUT2D eigenvalue weighted by Crippen LogP contribution is -2.47. The molecule has 1 saturated heterocycles. The Morgan fingerprint density at radius 1 is 0.825 bits per heavy atom. The number of nitrogens with one attached hydrogen (secondary N) is 4. The Balaban J connectivity index is 1.63. The summed E-state index contributed by atoms with van der Waals surface area (Å²) in [6, 6.07) is 7.58. The lowest BCUT2D eigenvalue weighted by atomic mass is 10.1. The average Bonchev–Trinajstić information content (AvgIpc) is 3.63. The maximum atomic E-state index is 14.5. The van der Waals surface area contributed by atoms with E-state index in [1.54, 1.807) is 41.5 Å². The zero-order valence-corrected chi connectivity index (χ0v) is 35.3. The van der Waals surface area contributed by atoms with Gasteiger partial charge < -0.3 is 41.0 Å². The van der Waals surface area contributed by atoms with E-state index >= 15 is 0 Å². The highest BCUT2D eigenvalue weighted by Crippen LogP contribution is 2.46. The number of nitrogen functional groups attached to an aromatic ring is 1. The molecule has 3 aromatic carbocycles. The second-order valence-corrected chi connectivity index (χ2v) is 16.2. The van der Waals surface area contributed by atoms with Crippen LogP contribution in [0.5, 0.6) is 17.2 Å². The quantitative estimate of drug-likeness (QED) is 0.0334. The van der Waals surface area contributed by atoms with E-state index in [1.807, 2.05) is 0 Å². The van der Waals surface area contributed by atoms with Crippen molar-refractivity contribution < 1.29 is 64.5 Å². The molecule has 0 unspecified atom stereocenters. The highest BCUT2D eigenvalue weighted by atomic mass is 19.4. The lowest BCUT2D eigenvalue weighted by molar-refractivity contribution is -0.138. The summed E-state index contributed by atoms with van der Waals surface area (Å²) in [7, 11) is 0. The summed E-state index contributed by atoms with van der Waals surface area (Å²) in [6.45, 7) is 10.5. The van der Waals surface area contributed by atoms with E-state index in [4.69, 9.17) is 30.4 Å². The number of alkyl halides is 6. The Labute approximate surface area is 359 Å². The van der Waals surface area contributed by atoms with Crippen molar-refractivity contribution >= 4 is 52.8 Å². The maximum absolute atomic E-state index is 14.5. The number of anilines is 4. The zero-order chi connectivity index (χ0) is 46.9. The second kappa shape index (κ2) is 20.2. The first-order valence-corrected chi connectivity index (χ1v) is 19.5. The minimum atomic E-state index is -5.02. The molecule has 0 radical (unpaired) electrons. The third kappa shape index (κ3) is 15.8. The molecular formula is C41H50F6N8O8. The van der Waals surface area contributed by atoms with Gasteiger partial charge in [-0.05, 0) is 104 Å². The number of unbranched alkanes of at least 4 members (excludes halogenated alkanes) is 1. The first-order valence-electron chi connectivity index (χ1n) is 19.5. The van der Waals surface area contributed by atoms with E-state index in [0.717, 1.165) is 12.1 Å². The Kier molecular flexibility index (Phi) is 15.7. The number of rotatable bonds is 12. The summed E-state index contributed by atoms with van der Waals surface area (Å²) < 4.78 is 106. The molecule has 1 aliphatic rings. The number of guanidine groups is 1. The highest BCUT2D eigenvalue weighted by molar-refractivity contribution is 6.03. The van der Waals surface area contributed by atoms with Crippen molar-refractivity contribution in [2.45, 2.75) is 96.9 Å². The Bertz CT molecular complexity index is 2130. The Morgan fingerprint density at radius 3 is 2.00 bits per heavy atom. The number of nitrogens with two attached hydrogens (primary N) is 2. The summed E-state index contributed by atoms with van der Waals surface area (Å²) in [5, 5.41) is 10.2. The number of hydrogen-bond acceptors (Lipinski definition) is 11. The van der Waals surface area contributed by atoms with Crippen LogP contribution < -0.4 is 47.1 Å². The van der Waals surface area contributed by atoms with Crippen molar-refractivity contribution in [1.29, 1.82) is 0 Å². The van der Waals surface area contributed by atoms with Crippen LogP contribution in [-0.2, 0) is 26.6 Å². The Morgan fingerprint density at radius 2 is 1.44 bits per heavy atom. The third-order valence-electron chi connectivity index (χ3n) is 8.32. The van der Waals surface area contributed by atoms with Gasteiger partial charge in [0.1, 0.15) is 28.8 Å². The fraction of sp³-hybridized carbons (Fsp3) is 0.439. The SMILES string of the molecule is CC(C)(C)OC(=O)NC(=NCCCCC(=O)Nc1cc(C(F)(F)F)cc(N(C(N)=O)c2cccc(Oc3cc(N)cc(C(F)(F)F)c3)c2)c1O[C@@H]1CCNC1)NC(=O)OC(C)(C)C. The summed E-state index contributed by atoms with van der Waals surface area (Å²) in [4.78, 5) is 56.3. The number of carbonyl (C=O) groups excluding carboxylic acids is 4. The minimum Gasteiger partial charge on any atom is -0.485 e. The minimum absolute atomic E-state index is 0.0392. The van der Waals surface area contributed by atoms with Gasteiger partial charge in [0.2, 0.25) is 11.9 Å². The van der Waals surface area contributed by atoms with Crippen molar-refractivity contribution in [2.75, 3.05) is 35.6 Å². The van der Waals surface area contributed by atoms with E-state index in [-0.39, 0.29) is 66.9 Å². The number of benzene rings is 3. The van der Waals surface area contributed by atoms with Crippen molar-refractivity contribution in [3.8, 4) is 17.2 Å². The lowest BCUT2D eigenvalue weighted by Gasteiger charge is -2.28. The van der Waals surface area contributed by atoms with Gasteiger partial charge in [-0.15, -0.1) is 0 Å². The first-order chi connectivity index (χ1) is 29.2. The van der Waals surface area contributed by atoms with Gasteiger partial charge in [0.15, 0.2) is 5.75 Å². The van der Waals surface area contributed by atoms with Crippen LogP contribution in [-0.4, -0.2) is 67.0 Å². The number of primary amides is 1. The molecule has 0 aliphatic carbocycles. The summed E-state index contributed by atoms with van der Waals surface area (Å²) in [6.07, 6.45) is -11.8. The number of amides is 5. The molecule has 8 N–H and O–H groups in total. The van der Waals surface area contributed by atoms with Crippen LogP contribution in [0.25, 0.3) is 0 Å². The molecule has 0 aromatic heterocycles. The molecule has 1 aliphatic heterocycles. The van der Waals surface area contributed by atoms with E-state index in [1.165, 1.54) is 18.2 Å². The molecule has 63 heavy (non-hydrogen) atoms. The van der Waals surface area contributed by atoms with Crippen molar-refractivity contribution in [2.24, 2.45) is 10.7 Å². The third-order valence-corrected chi connectivity index (χ3v) is 8.32. The molecule has 1 heterocycles. The molecule has 0 spiro atoms. The summed E-state index contributed by atoms with van der Waals surface area (Å²) in [5.74, 6) is -1.85. The molecule has 3 aromatic rings. The number of nitrogens with zero attached hydrogens (tertiary/aromatic N) is 2. The normalized spacial score (nSPS) is 14.3. The molecule has 1 fully saturated rings. The molecule has 22 heteroatoms. The van der Waals surface area contributed by atoms with E-state index in [9.17, 15) is 45.5 Å². The van der Waals surface area contributed by atoms with Crippen LogP contribution in [0.1, 0.15) is 78.4 Å². The highest BCUT2D eigenvalue weighted by Gasteiger charge is 2.36. The predicted molar refractivity (Wildman–Crippen MR) is 221 cm³/mol. The number of aliphatic imine (C=N–C) groups is 1. The molecule has 5 amide bonds. The Hall–Kier alpha value is -6.45. The number of ether oxygens (including phenoxy) is 4. The van der Waals surface area contributed by atoms with Gasteiger partial charge >= 0.3 is 30.6 Å². The fourth-order valence-electron chi connectivity index (χ4n) is 5.82. The van der Waals surface area contributed by atoms with E-state index in [0.29, 0.717) is 42.1 Å². The maximum Gasteiger partial charge on any atom is 0.416 e. The second-order valence-electron chi connectivity index (χ2n) is 16.2. The largest absolute Gasteiger partial charge is 0.485 e. The molecule has 0 bridgehead atoms. The van der Waals surface area contributed by atoms with Crippen LogP contribution in [0, 0.1) is 0 Å². The van der Waals surface area contributed by atoms with Gasteiger partial charge in [-0.2, -0.15) is 26.3 Å². The number of halogens is 6. The molecule has 1 atom stereocenters. The van der Waals surface area contributed by atoms with Crippen LogP contribution >= 0.6 is 0 Å². The monoisotopic (exact) mass is 896 g/mol. The predicted octanol–water partition coefficient (Wildman–Crippen LogP) is 8.57. The van der Waals surface area contributed by atoms with Crippen molar-refractivity contribution in [3.63, 3.8) is 0 Å². The number of carbonyl (C=O) groups is 4. The van der Waals surface area contributed by atoms with Gasteiger partial charge in [0.25, 0.3) is 0 Å². The zero-order valence-electron chi connectivity index (χ0n) is 35.3. The average molecular weight is 897 g/mol. The fourth-order valence-corrected chi connectivity index (χ4v) is 5.82. The van der Waals surface area contributed by atoms with E-state index < -0.39 is 76.3 Å². The van der Waals surface area contributed by atoms with Gasteiger partial charge in [-0.25, -0.2) is 14.4 Å². The number of alkyl carbamates (subject to hydrolysis) is 2. The van der Waals surface area contributed by atoms with Gasteiger partial charge in [-0.1, -0.05) is 6.07 Å². The van der Waals surface area contributed by atoms with E-state index in [2.05, 4.69) is 26.3 Å². The molecule has 0 saturated carbocycles. The van der Waals surface area contributed by atoms with Crippen molar-refractivity contribution in [3.05, 3.63) is 65.7 Å². The van der Waals surface area contributed by atoms with Crippen LogP contribution in [0.3, 0.4) is 0 Å².